The molecule has 0 saturated heterocycles. The standard InChI is InChI=1S/C9H16O10P2/c1-3-7(10)17-21(16,18-8(11)4-2)19-9(12)5-6-20(13,14)15/h3-6H2,1-2H3,(H2,13,14,15). The predicted molar refractivity (Wildman–Crippen MR) is 68.0 cm³/mol. The van der Waals surface area contributed by atoms with Crippen LogP contribution in [-0.2, 0) is 37.1 Å². The van der Waals surface area contributed by atoms with Crippen molar-refractivity contribution in [2.45, 2.75) is 33.1 Å². The maximum atomic E-state index is 12.0. The second-order valence-electron chi connectivity index (χ2n) is 3.68. The van der Waals surface area contributed by atoms with Crippen molar-refractivity contribution >= 4 is 33.3 Å². The van der Waals surface area contributed by atoms with Gasteiger partial charge in [-0.2, -0.15) is 4.57 Å². The highest BCUT2D eigenvalue weighted by Gasteiger charge is 2.38. The van der Waals surface area contributed by atoms with Gasteiger partial charge >= 0.3 is 33.3 Å². The summed E-state index contributed by atoms with van der Waals surface area (Å²) in [5.74, 6) is -3.41. The van der Waals surface area contributed by atoms with Crippen molar-refractivity contribution in [2.24, 2.45) is 0 Å². The molecule has 10 nitrogen and oxygen atoms in total. The first-order valence-corrected chi connectivity index (χ1v) is 9.09. The molecule has 0 amide bonds. The molecule has 0 aliphatic carbocycles. The lowest BCUT2D eigenvalue weighted by Crippen LogP contribution is -2.14. The van der Waals surface area contributed by atoms with Crippen molar-refractivity contribution in [3.63, 3.8) is 0 Å². The summed E-state index contributed by atoms with van der Waals surface area (Å²) in [6, 6.07) is 0. The Kier molecular flexibility index (Phi) is 7.81. The zero-order chi connectivity index (χ0) is 16.7. The first-order valence-electron chi connectivity index (χ1n) is 5.83. The molecule has 0 aromatic carbocycles. The van der Waals surface area contributed by atoms with Gasteiger partial charge in [0.25, 0.3) is 0 Å². The van der Waals surface area contributed by atoms with Gasteiger partial charge in [0, 0.05) is 12.8 Å². The van der Waals surface area contributed by atoms with Gasteiger partial charge < -0.3 is 23.4 Å². The van der Waals surface area contributed by atoms with Crippen LogP contribution in [0.15, 0.2) is 0 Å². The lowest BCUT2D eigenvalue weighted by molar-refractivity contribution is -0.144. The van der Waals surface area contributed by atoms with E-state index in [4.69, 9.17) is 9.79 Å². The summed E-state index contributed by atoms with van der Waals surface area (Å²) < 4.78 is 35.4. The van der Waals surface area contributed by atoms with Gasteiger partial charge in [-0.05, 0) is 0 Å². The summed E-state index contributed by atoms with van der Waals surface area (Å²) in [5.41, 5.74) is 0. The van der Waals surface area contributed by atoms with Crippen molar-refractivity contribution in [2.75, 3.05) is 6.16 Å². The van der Waals surface area contributed by atoms with Gasteiger partial charge in [-0.15, -0.1) is 0 Å². The van der Waals surface area contributed by atoms with Crippen LogP contribution in [0.25, 0.3) is 0 Å². The topological polar surface area (TPSA) is 154 Å². The van der Waals surface area contributed by atoms with E-state index in [0.29, 0.717) is 0 Å². The van der Waals surface area contributed by atoms with Crippen LogP contribution in [0, 0.1) is 0 Å². The number of hydrogen-bond acceptors (Lipinski definition) is 8. The largest absolute Gasteiger partial charge is 0.653 e. The Balaban J connectivity index is 4.85. The first kappa shape index (κ1) is 19.8. The molecular formula is C9H16O10P2. The number of rotatable bonds is 8. The van der Waals surface area contributed by atoms with Crippen LogP contribution in [0.2, 0.25) is 0 Å². The molecule has 12 heteroatoms. The highest BCUT2D eigenvalue weighted by atomic mass is 31.2. The van der Waals surface area contributed by atoms with Gasteiger partial charge in [-0.1, -0.05) is 13.8 Å². The van der Waals surface area contributed by atoms with Crippen molar-refractivity contribution in [1.29, 1.82) is 0 Å². The van der Waals surface area contributed by atoms with E-state index in [1.54, 1.807) is 0 Å². The zero-order valence-electron chi connectivity index (χ0n) is 11.4. The summed E-state index contributed by atoms with van der Waals surface area (Å²) in [6.07, 6.45) is -2.07. The van der Waals surface area contributed by atoms with E-state index >= 15 is 0 Å². The number of carbonyl (C=O) groups excluding carboxylic acids is 3. The maximum absolute atomic E-state index is 12.0. The van der Waals surface area contributed by atoms with E-state index in [1.165, 1.54) is 13.8 Å². The SMILES string of the molecule is CCC(=O)OP(=O)(OC(=O)CC)OC(=O)CCP(=O)(O)O. The third-order valence-corrected chi connectivity index (χ3v) is 3.91. The first-order chi connectivity index (χ1) is 9.51. The summed E-state index contributed by atoms with van der Waals surface area (Å²) in [4.78, 5) is 50.7. The molecule has 0 aliphatic rings. The number of phosphoric ester groups is 1. The lowest BCUT2D eigenvalue weighted by Gasteiger charge is -2.15. The normalized spacial score (nSPS) is 11.6. The second kappa shape index (κ2) is 8.29. The predicted octanol–water partition coefficient (Wildman–Crippen LogP) is 1.11. The van der Waals surface area contributed by atoms with E-state index in [1.807, 2.05) is 0 Å². The van der Waals surface area contributed by atoms with Gasteiger partial charge in [0.15, 0.2) is 0 Å². The van der Waals surface area contributed by atoms with Crippen molar-refractivity contribution in [3.8, 4) is 0 Å². The highest BCUT2D eigenvalue weighted by Crippen LogP contribution is 2.51. The van der Waals surface area contributed by atoms with Crippen LogP contribution >= 0.6 is 15.4 Å². The molecule has 0 unspecified atom stereocenters. The molecule has 0 saturated carbocycles. The number of phosphoric acid groups is 1. The van der Waals surface area contributed by atoms with Crippen molar-refractivity contribution < 1.29 is 46.9 Å². The fourth-order valence-electron chi connectivity index (χ4n) is 0.842. The molecule has 2 N–H and O–H groups in total. The minimum absolute atomic E-state index is 0.215. The summed E-state index contributed by atoms with van der Waals surface area (Å²) >= 11 is 0. The Hall–Kier alpha value is -1.21. The monoisotopic (exact) mass is 346 g/mol. The zero-order valence-corrected chi connectivity index (χ0v) is 13.2. The van der Waals surface area contributed by atoms with Gasteiger partial charge in [-0.25, -0.2) is 0 Å². The molecule has 0 rings (SSSR count). The van der Waals surface area contributed by atoms with E-state index in [2.05, 4.69) is 13.6 Å². The van der Waals surface area contributed by atoms with Crippen molar-refractivity contribution in [3.05, 3.63) is 0 Å². The molecule has 0 atom stereocenters. The van der Waals surface area contributed by atoms with E-state index in [9.17, 15) is 23.5 Å². The molecule has 0 fully saturated rings. The minimum Gasteiger partial charge on any atom is -0.352 e. The Morgan fingerprint density at radius 1 is 0.857 bits per heavy atom. The molecular weight excluding hydrogens is 330 g/mol. The summed E-state index contributed by atoms with van der Waals surface area (Å²) in [7, 11) is -9.26. The Bertz CT molecular complexity index is 471. The third kappa shape index (κ3) is 9.36. The van der Waals surface area contributed by atoms with Crippen LogP contribution in [0.4, 0.5) is 0 Å². The summed E-state index contributed by atoms with van der Waals surface area (Å²) in [5, 5.41) is 0. The van der Waals surface area contributed by atoms with Crippen LogP contribution in [0.5, 0.6) is 0 Å². The molecule has 21 heavy (non-hydrogen) atoms. The van der Waals surface area contributed by atoms with E-state index < -0.39 is 45.9 Å². The summed E-state index contributed by atoms with van der Waals surface area (Å²) in [6.45, 7) is 2.73. The third-order valence-electron chi connectivity index (χ3n) is 1.83. The van der Waals surface area contributed by atoms with Crippen LogP contribution < -0.4 is 0 Å². The quantitative estimate of drug-likeness (QED) is 0.611. The number of hydrogen-bond donors (Lipinski definition) is 2. The molecule has 0 bridgehead atoms. The van der Waals surface area contributed by atoms with Gasteiger partial charge in [0.2, 0.25) is 0 Å². The second-order valence-corrected chi connectivity index (χ2v) is 6.90. The fourth-order valence-corrected chi connectivity index (χ4v) is 2.53. The van der Waals surface area contributed by atoms with E-state index in [-0.39, 0.29) is 12.8 Å². The highest BCUT2D eigenvalue weighted by molar-refractivity contribution is 7.51. The van der Waals surface area contributed by atoms with E-state index in [0.717, 1.165) is 0 Å². The molecule has 0 aromatic heterocycles. The molecule has 0 heterocycles. The van der Waals surface area contributed by atoms with Gasteiger partial charge in [0.1, 0.15) is 0 Å². The Labute approximate surface area is 120 Å². The van der Waals surface area contributed by atoms with Crippen LogP contribution in [0.3, 0.4) is 0 Å². The number of carbonyl (C=O) groups is 3. The van der Waals surface area contributed by atoms with Gasteiger partial charge in [-0.3, -0.25) is 18.9 Å². The molecule has 122 valence electrons. The Morgan fingerprint density at radius 2 is 1.24 bits per heavy atom. The van der Waals surface area contributed by atoms with Crippen LogP contribution in [0.1, 0.15) is 33.1 Å². The Morgan fingerprint density at radius 3 is 1.57 bits per heavy atom. The van der Waals surface area contributed by atoms with Crippen LogP contribution in [-0.4, -0.2) is 33.9 Å². The fraction of sp³-hybridized carbons (Fsp3) is 0.667. The molecule has 0 radical (unpaired) electrons. The average molecular weight is 346 g/mol. The molecule has 0 spiro atoms. The minimum atomic E-state index is -4.80. The molecule has 0 aromatic rings. The van der Waals surface area contributed by atoms with Crippen molar-refractivity contribution in [1.82, 2.24) is 0 Å². The smallest absolute Gasteiger partial charge is 0.352 e. The molecule has 0 aliphatic heterocycles. The van der Waals surface area contributed by atoms with Gasteiger partial charge in [0.05, 0.1) is 12.6 Å². The average Bonchev–Trinajstić information content (AvgIpc) is 2.34. The maximum Gasteiger partial charge on any atom is 0.653 e. The lowest BCUT2D eigenvalue weighted by atomic mass is 10.5.